The largest absolute Gasteiger partial charge is 0.496 e. The third-order valence-electron chi connectivity index (χ3n) is 6.37. The number of fused-ring (bicyclic) bond motifs is 3. The minimum atomic E-state index is -0.0453. The fourth-order valence-electron chi connectivity index (χ4n) is 5.00. The standard InChI is InChI=1S/C23H26N2O4/c1-27-20-5-3-2-4-19(20)23(26)24-16-11-17-7-8-18(12-16)25(17)13-15-6-9-21-22(10-15)29-14-28-21/h2-6,9-10,16-18H,7-8,11-14H2,1H3,(H,24,26). The number of carbonyl (C=O) groups is 1. The van der Waals surface area contributed by atoms with Crippen molar-refractivity contribution in [3.63, 3.8) is 0 Å². The Kier molecular flexibility index (Phi) is 4.79. The molecule has 2 unspecified atom stereocenters. The third kappa shape index (κ3) is 3.53. The molecule has 3 heterocycles. The first-order valence-corrected chi connectivity index (χ1v) is 10.3. The predicted molar refractivity (Wildman–Crippen MR) is 108 cm³/mol. The van der Waals surface area contributed by atoms with Gasteiger partial charge in [0.05, 0.1) is 12.7 Å². The highest BCUT2D eigenvalue weighted by atomic mass is 16.7. The number of benzene rings is 2. The summed E-state index contributed by atoms with van der Waals surface area (Å²) in [5.74, 6) is 2.24. The van der Waals surface area contributed by atoms with Crippen molar-refractivity contribution in [2.24, 2.45) is 0 Å². The number of hydrogen-bond acceptors (Lipinski definition) is 5. The zero-order valence-corrected chi connectivity index (χ0v) is 16.6. The van der Waals surface area contributed by atoms with E-state index in [-0.39, 0.29) is 11.9 Å². The van der Waals surface area contributed by atoms with E-state index in [1.807, 2.05) is 30.3 Å². The average Bonchev–Trinajstić information content (AvgIpc) is 3.29. The maximum Gasteiger partial charge on any atom is 0.255 e. The lowest BCUT2D eigenvalue weighted by molar-refractivity contribution is 0.0825. The lowest BCUT2D eigenvalue weighted by Crippen LogP contribution is -2.50. The van der Waals surface area contributed by atoms with Gasteiger partial charge in [-0.25, -0.2) is 0 Å². The molecule has 0 aliphatic carbocycles. The zero-order valence-electron chi connectivity index (χ0n) is 16.6. The van der Waals surface area contributed by atoms with E-state index in [0.717, 1.165) is 30.9 Å². The topological polar surface area (TPSA) is 60.0 Å². The van der Waals surface area contributed by atoms with Crippen LogP contribution >= 0.6 is 0 Å². The summed E-state index contributed by atoms with van der Waals surface area (Å²) in [5.41, 5.74) is 1.85. The number of nitrogens with one attached hydrogen (secondary N) is 1. The minimum Gasteiger partial charge on any atom is -0.496 e. The molecule has 3 aliphatic heterocycles. The van der Waals surface area contributed by atoms with Crippen LogP contribution in [0.15, 0.2) is 42.5 Å². The van der Waals surface area contributed by atoms with Crippen LogP contribution in [0.3, 0.4) is 0 Å². The summed E-state index contributed by atoms with van der Waals surface area (Å²) in [4.78, 5) is 15.4. The zero-order chi connectivity index (χ0) is 19.8. The molecule has 2 atom stereocenters. The van der Waals surface area contributed by atoms with Gasteiger partial charge in [0.15, 0.2) is 11.5 Å². The fourth-order valence-corrected chi connectivity index (χ4v) is 5.00. The van der Waals surface area contributed by atoms with Gasteiger partial charge in [0.1, 0.15) is 5.75 Å². The van der Waals surface area contributed by atoms with Crippen molar-refractivity contribution in [3.05, 3.63) is 53.6 Å². The molecule has 6 heteroatoms. The van der Waals surface area contributed by atoms with Crippen LogP contribution in [0, 0.1) is 0 Å². The van der Waals surface area contributed by atoms with Crippen molar-refractivity contribution in [2.45, 2.75) is 50.4 Å². The Labute approximate surface area is 170 Å². The lowest BCUT2D eigenvalue weighted by Gasteiger charge is -2.39. The molecule has 2 aromatic carbocycles. The normalized spacial score (nSPS) is 25.1. The summed E-state index contributed by atoms with van der Waals surface area (Å²) >= 11 is 0. The molecule has 1 amide bonds. The molecule has 3 aliphatic rings. The molecule has 5 rings (SSSR count). The van der Waals surface area contributed by atoms with Gasteiger partial charge in [-0.05, 0) is 55.5 Å². The van der Waals surface area contributed by atoms with Gasteiger partial charge in [0, 0.05) is 24.7 Å². The molecule has 6 nitrogen and oxygen atoms in total. The van der Waals surface area contributed by atoms with Crippen LogP contribution in [0.1, 0.15) is 41.6 Å². The van der Waals surface area contributed by atoms with Crippen LogP contribution in [0.25, 0.3) is 0 Å². The number of ether oxygens (including phenoxy) is 3. The smallest absolute Gasteiger partial charge is 0.255 e. The van der Waals surface area contributed by atoms with E-state index in [9.17, 15) is 4.79 Å². The highest BCUT2D eigenvalue weighted by molar-refractivity contribution is 5.97. The minimum absolute atomic E-state index is 0.0453. The van der Waals surface area contributed by atoms with Crippen LogP contribution in [-0.4, -0.2) is 42.8 Å². The Balaban J connectivity index is 1.24. The summed E-state index contributed by atoms with van der Waals surface area (Å²) in [7, 11) is 1.60. The number of hydrogen-bond donors (Lipinski definition) is 1. The van der Waals surface area contributed by atoms with Crippen molar-refractivity contribution < 1.29 is 19.0 Å². The average molecular weight is 394 g/mol. The van der Waals surface area contributed by atoms with E-state index in [2.05, 4.69) is 22.3 Å². The number of methoxy groups -OCH3 is 1. The van der Waals surface area contributed by atoms with Gasteiger partial charge in [-0.3, -0.25) is 9.69 Å². The first-order chi connectivity index (χ1) is 14.2. The molecule has 1 N–H and O–H groups in total. The van der Waals surface area contributed by atoms with E-state index < -0.39 is 0 Å². The number of para-hydroxylation sites is 1. The highest BCUT2D eigenvalue weighted by Gasteiger charge is 2.41. The van der Waals surface area contributed by atoms with Gasteiger partial charge < -0.3 is 19.5 Å². The van der Waals surface area contributed by atoms with Crippen molar-refractivity contribution in [1.82, 2.24) is 10.2 Å². The van der Waals surface area contributed by atoms with Gasteiger partial charge in [-0.2, -0.15) is 0 Å². The van der Waals surface area contributed by atoms with Crippen LogP contribution in [0.2, 0.25) is 0 Å². The summed E-state index contributed by atoms with van der Waals surface area (Å²) < 4.78 is 16.3. The Bertz CT molecular complexity index is 902. The number of piperidine rings is 1. The Morgan fingerprint density at radius 3 is 2.66 bits per heavy atom. The molecule has 152 valence electrons. The van der Waals surface area contributed by atoms with Gasteiger partial charge in [-0.1, -0.05) is 18.2 Å². The Hall–Kier alpha value is -2.73. The van der Waals surface area contributed by atoms with Crippen molar-refractivity contribution in [3.8, 4) is 17.2 Å². The van der Waals surface area contributed by atoms with Gasteiger partial charge >= 0.3 is 0 Å². The molecule has 29 heavy (non-hydrogen) atoms. The molecule has 2 aromatic rings. The number of carbonyl (C=O) groups excluding carboxylic acids is 1. The first-order valence-electron chi connectivity index (χ1n) is 10.3. The Morgan fingerprint density at radius 2 is 1.86 bits per heavy atom. The molecule has 2 bridgehead atoms. The van der Waals surface area contributed by atoms with Crippen molar-refractivity contribution in [1.29, 1.82) is 0 Å². The number of rotatable bonds is 5. The molecular weight excluding hydrogens is 368 g/mol. The molecule has 0 aromatic heterocycles. The molecule has 2 saturated heterocycles. The van der Waals surface area contributed by atoms with Crippen LogP contribution in [-0.2, 0) is 6.54 Å². The second-order valence-corrected chi connectivity index (χ2v) is 8.09. The van der Waals surface area contributed by atoms with E-state index in [1.165, 1.54) is 18.4 Å². The SMILES string of the molecule is COc1ccccc1C(=O)NC1CC2CCC(C1)N2Cc1ccc2c(c1)OCO2. The lowest BCUT2D eigenvalue weighted by atomic mass is 9.96. The number of amides is 1. The van der Waals surface area contributed by atoms with Crippen molar-refractivity contribution in [2.75, 3.05) is 13.9 Å². The quantitative estimate of drug-likeness (QED) is 0.843. The molecule has 0 saturated carbocycles. The summed E-state index contributed by atoms with van der Waals surface area (Å²) in [6.45, 7) is 1.22. The molecule has 0 spiro atoms. The highest BCUT2D eigenvalue weighted by Crippen LogP contribution is 2.39. The van der Waals surface area contributed by atoms with Crippen LogP contribution < -0.4 is 19.5 Å². The maximum absolute atomic E-state index is 12.8. The monoisotopic (exact) mass is 394 g/mol. The molecule has 2 fully saturated rings. The Morgan fingerprint density at radius 1 is 1.10 bits per heavy atom. The van der Waals surface area contributed by atoms with E-state index >= 15 is 0 Å². The van der Waals surface area contributed by atoms with Gasteiger partial charge in [0.2, 0.25) is 6.79 Å². The summed E-state index contributed by atoms with van der Waals surface area (Å²) in [6.07, 6.45) is 4.36. The summed E-state index contributed by atoms with van der Waals surface area (Å²) in [6, 6.07) is 14.8. The maximum atomic E-state index is 12.8. The third-order valence-corrected chi connectivity index (χ3v) is 6.37. The second kappa shape index (κ2) is 7.59. The van der Waals surface area contributed by atoms with E-state index in [1.54, 1.807) is 7.11 Å². The summed E-state index contributed by atoms with van der Waals surface area (Å²) in [5, 5.41) is 3.25. The van der Waals surface area contributed by atoms with Gasteiger partial charge in [-0.15, -0.1) is 0 Å². The van der Waals surface area contributed by atoms with Crippen LogP contribution in [0.5, 0.6) is 17.2 Å². The number of nitrogens with zero attached hydrogens (tertiary/aromatic N) is 1. The second-order valence-electron chi connectivity index (χ2n) is 8.09. The predicted octanol–water partition coefficient (Wildman–Crippen LogP) is 3.35. The van der Waals surface area contributed by atoms with Crippen molar-refractivity contribution >= 4 is 5.91 Å². The fraction of sp³-hybridized carbons (Fsp3) is 0.435. The van der Waals surface area contributed by atoms with Crippen LogP contribution in [0.4, 0.5) is 0 Å². The van der Waals surface area contributed by atoms with Gasteiger partial charge in [0.25, 0.3) is 5.91 Å². The first kappa shape index (κ1) is 18.3. The van der Waals surface area contributed by atoms with E-state index in [0.29, 0.717) is 30.2 Å². The molecular formula is C23H26N2O4. The molecule has 0 radical (unpaired) electrons. The van der Waals surface area contributed by atoms with E-state index in [4.69, 9.17) is 14.2 Å².